The van der Waals surface area contributed by atoms with Gasteiger partial charge in [0.2, 0.25) is 0 Å². The van der Waals surface area contributed by atoms with Crippen LogP contribution in [0.1, 0.15) is 0 Å². The summed E-state index contributed by atoms with van der Waals surface area (Å²) in [7, 11) is 0. The lowest BCUT2D eigenvalue weighted by Gasteiger charge is -2.08. The maximum atomic E-state index is 10.4. The van der Waals surface area contributed by atoms with E-state index in [2.05, 4.69) is 20.0 Å². The molecule has 0 saturated heterocycles. The zero-order valence-corrected chi connectivity index (χ0v) is 9.59. The highest BCUT2D eigenvalue weighted by atomic mass is 16.5. The smallest absolute Gasteiger partial charge is 0.404 e. The Labute approximate surface area is 103 Å². The number of nitrogens with two attached hydrogens (primary N) is 2. The first-order valence-corrected chi connectivity index (χ1v) is 5.35. The number of aromatic nitrogens is 2. The molecule has 0 aliphatic rings. The first kappa shape index (κ1) is 11.9. The summed E-state index contributed by atoms with van der Waals surface area (Å²) in [5.41, 5.74) is 12.1. The summed E-state index contributed by atoms with van der Waals surface area (Å²) in [5, 5.41) is 2.93. The predicted molar refractivity (Wildman–Crippen MR) is 68.0 cm³/mol. The van der Waals surface area contributed by atoms with E-state index >= 15 is 0 Å². The molecule has 0 saturated carbocycles. The van der Waals surface area contributed by atoms with Gasteiger partial charge in [0.05, 0.1) is 17.6 Å². The van der Waals surface area contributed by atoms with Crippen LogP contribution in [0.2, 0.25) is 0 Å². The van der Waals surface area contributed by atoms with Crippen molar-refractivity contribution in [3.05, 3.63) is 24.3 Å². The number of hydrogen-bond donors (Lipinski definition) is 3. The number of hydrogen-bond acceptors (Lipinski definition) is 6. The Bertz CT molecular complexity index is 572. The summed E-state index contributed by atoms with van der Waals surface area (Å²) in [5.74, 6) is 0.759. The van der Waals surface area contributed by atoms with Crippen LogP contribution in [0.3, 0.4) is 0 Å². The largest absolute Gasteiger partial charge is 0.448 e. The first-order chi connectivity index (χ1) is 8.66. The Morgan fingerprint density at radius 3 is 2.61 bits per heavy atom. The molecule has 18 heavy (non-hydrogen) atoms. The van der Waals surface area contributed by atoms with Gasteiger partial charge in [-0.3, -0.25) is 0 Å². The number of nitrogens with one attached hydrogen (secondary N) is 1. The van der Waals surface area contributed by atoms with Crippen molar-refractivity contribution in [2.75, 3.05) is 24.2 Å². The highest BCUT2D eigenvalue weighted by Gasteiger charge is 2.05. The van der Waals surface area contributed by atoms with Crippen molar-refractivity contribution in [3.8, 4) is 0 Å². The number of carbonyl (C=O) groups excluding carboxylic acids is 1. The lowest BCUT2D eigenvalue weighted by Crippen LogP contribution is -2.19. The van der Waals surface area contributed by atoms with E-state index in [0.717, 1.165) is 11.0 Å². The van der Waals surface area contributed by atoms with Gasteiger partial charge in [-0.1, -0.05) is 12.1 Å². The predicted octanol–water partition coefficient (Wildman–Crippen LogP) is 0.719. The summed E-state index contributed by atoms with van der Waals surface area (Å²) in [4.78, 5) is 18.9. The summed E-state index contributed by atoms with van der Waals surface area (Å²) in [6.07, 6.45) is -0.811. The van der Waals surface area contributed by atoms with Crippen LogP contribution in [0, 0.1) is 0 Å². The van der Waals surface area contributed by atoms with Gasteiger partial charge in [0.1, 0.15) is 6.61 Å². The zero-order chi connectivity index (χ0) is 13.0. The van der Waals surface area contributed by atoms with Crippen LogP contribution in [0.15, 0.2) is 24.3 Å². The molecule has 1 aromatic carbocycles. The van der Waals surface area contributed by atoms with Crippen molar-refractivity contribution in [3.63, 3.8) is 0 Å². The lowest BCUT2D eigenvalue weighted by molar-refractivity contribution is 0.161. The summed E-state index contributed by atoms with van der Waals surface area (Å²) in [6.45, 7) is 0.503. The number of fused-ring (bicyclic) bond motifs is 1. The number of nitrogen functional groups attached to an aromatic ring is 1. The maximum absolute atomic E-state index is 10.4. The van der Waals surface area contributed by atoms with Gasteiger partial charge in [-0.2, -0.15) is 0 Å². The third-order valence-electron chi connectivity index (χ3n) is 2.24. The highest BCUT2D eigenvalue weighted by Crippen LogP contribution is 2.17. The fraction of sp³-hybridized carbons (Fsp3) is 0.182. The summed E-state index contributed by atoms with van der Waals surface area (Å²) < 4.78 is 4.58. The maximum Gasteiger partial charge on any atom is 0.404 e. The zero-order valence-electron chi connectivity index (χ0n) is 9.59. The third-order valence-corrected chi connectivity index (χ3v) is 2.24. The molecule has 7 nitrogen and oxygen atoms in total. The van der Waals surface area contributed by atoms with E-state index in [9.17, 15) is 4.79 Å². The van der Waals surface area contributed by atoms with E-state index in [1.807, 2.05) is 24.3 Å². The van der Waals surface area contributed by atoms with E-state index in [-0.39, 0.29) is 6.61 Å². The molecule has 0 radical (unpaired) electrons. The van der Waals surface area contributed by atoms with Crippen molar-refractivity contribution in [2.45, 2.75) is 0 Å². The van der Waals surface area contributed by atoms with E-state index < -0.39 is 6.09 Å². The number of carbonyl (C=O) groups is 1. The average molecular weight is 247 g/mol. The second-order valence-electron chi connectivity index (χ2n) is 3.54. The Balaban J connectivity index is 2.08. The van der Waals surface area contributed by atoms with Gasteiger partial charge < -0.3 is 21.5 Å². The van der Waals surface area contributed by atoms with Gasteiger partial charge in [0.15, 0.2) is 11.6 Å². The molecule has 0 aliphatic carbocycles. The molecule has 0 unspecified atom stereocenters. The molecular weight excluding hydrogens is 234 g/mol. The molecule has 5 N–H and O–H groups in total. The summed E-state index contributed by atoms with van der Waals surface area (Å²) >= 11 is 0. The number of para-hydroxylation sites is 2. The molecule has 7 heteroatoms. The SMILES string of the molecule is NC(=O)OCCNc1nc2ccccc2nc1N. The minimum Gasteiger partial charge on any atom is -0.448 e. The molecule has 0 atom stereocenters. The van der Waals surface area contributed by atoms with E-state index in [4.69, 9.17) is 11.5 Å². The fourth-order valence-electron chi connectivity index (χ4n) is 1.46. The topological polar surface area (TPSA) is 116 Å². The molecule has 1 amide bonds. The first-order valence-electron chi connectivity index (χ1n) is 5.35. The van der Waals surface area contributed by atoms with Crippen molar-refractivity contribution in [1.29, 1.82) is 0 Å². The number of ether oxygens (including phenoxy) is 1. The molecule has 0 fully saturated rings. The Hall–Kier alpha value is -2.57. The van der Waals surface area contributed by atoms with Gasteiger partial charge in [0.25, 0.3) is 0 Å². The molecule has 2 rings (SSSR count). The van der Waals surface area contributed by atoms with Crippen LogP contribution in [-0.2, 0) is 4.74 Å². The molecular formula is C11H13N5O2. The Kier molecular flexibility index (Phi) is 3.42. The number of anilines is 2. The Morgan fingerprint density at radius 2 is 1.94 bits per heavy atom. The highest BCUT2D eigenvalue weighted by molar-refractivity contribution is 5.79. The lowest BCUT2D eigenvalue weighted by atomic mass is 10.3. The number of amides is 1. The Morgan fingerprint density at radius 1 is 1.28 bits per heavy atom. The van der Waals surface area contributed by atoms with Crippen LogP contribution in [-0.4, -0.2) is 29.2 Å². The second-order valence-corrected chi connectivity index (χ2v) is 3.54. The van der Waals surface area contributed by atoms with Gasteiger partial charge in [-0.25, -0.2) is 14.8 Å². The molecule has 1 heterocycles. The third kappa shape index (κ3) is 2.76. The van der Waals surface area contributed by atoms with Gasteiger partial charge in [-0.05, 0) is 12.1 Å². The number of rotatable bonds is 4. The average Bonchev–Trinajstić information content (AvgIpc) is 2.34. The number of nitrogens with zero attached hydrogens (tertiary/aromatic N) is 2. The van der Waals surface area contributed by atoms with Crippen molar-refractivity contribution < 1.29 is 9.53 Å². The van der Waals surface area contributed by atoms with Crippen LogP contribution < -0.4 is 16.8 Å². The molecule has 94 valence electrons. The standard InChI is InChI=1S/C11H13N5O2/c12-9-10(14-5-6-18-11(13)17)16-8-4-2-1-3-7(8)15-9/h1-4H,5-6H2,(H2,12,15)(H2,13,17)(H,14,16). The fourth-order valence-corrected chi connectivity index (χ4v) is 1.46. The quantitative estimate of drug-likeness (QED) is 0.685. The van der Waals surface area contributed by atoms with E-state index in [1.54, 1.807) is 0 Å². The van der Waals surface area contributed by atoms with Gasteiger partial charge in [-0.15, -0.1) is 0 Å². The summed E-state index contributed by atoms with van der Waals surface area (Å²) in [6, 6.07) is 7.41. The molecule has 1 aromatic heterocycles. The van der Waals surface area contributed by atoms with Crippen LogP contribution in [0.4, 0.5) is 16.4 Å². The molecule has 0 spiro atoms. The van der Waals surface area contributed by atoms with Crippen LogP contribution >= 0.6 is 0 Å². The molecule has 0 aliphatic heterocycles. The minimum atomic E-state index is -0.811. The minimum absolute atomic E-state index is 0.142. The van der Waals surface area contributed by atoms with Crippen LogP contribution in [0.25, 0.3) is 11.0 Å². The molecule has 0 bridgehead atoms. The van der Waals surface area contributed by atoms with Gasteiger partial charge in [0, 0.05) is 0 Å². The number of primary amides is 1. The van der Waals surface area contributed by atoms with Crippen molar-refractivity contribution in [1.82, 2.24) is 9.97 Å². The second kappa shape index (κ2) is 5.17. The number of benzene rings is 1. The monoisotopic (exact) mass is 247 g/mol. The molecule has 2 aromatic rings. The van der Waals surface area contributed by atoms with Crippen molar-refractivity contribution in [2.24, 2.45) is 5.73 Å². The van der Waals surface area contributed by atoms with Crippen molar-refractivity contribution >= 4 is 28.8 Å². The normalized spacial score (nSPS) is 10.2. The van der Waals surface area contributed by atoms with Crippen LogP contribution in [0.5, 0.6) is 0 Å². The van der Waals surface area contributed by atoms with E-state index in [1.165, 1.54) is 0 Å². The van der Waals surface area contributed by atoms with Gasteiger partial charge >= 0.3 is 6.09 Å². The van der Waals surface area contributed by atoms with E-state index in [0.29, 0.717) is 18.2 Å².